The maximum Gasteiger partial charge on any atom is 0.338 e. The molecule has 0 N–H and O–H groups in total. The molecule has 3 nitrogen and oxygen atoms in total. The van der Waals surface area contributed by atoms with Crippen molar-refractivity contribution in [3.8, 4) is 5.75 Å². The second kappa shape index (κ2) is 6.12. The number of hydrogen-bond acceptors (Lipinski definition) is 3. The summed E-state index contributed by atoms with van der Waals surface area (Å²) in [6, 6.07) is 6.86. The second-order valence-corrected chi connectivity index (χ2v) is 2.89. The largest absolute Gasteiger partial charge is 0.494 e. The lowest BCUT2D eigenvalue weighted by Gasteiger charge is -2.06. The molecule has 0 aromatic heterocycles. The molecule has 0 aliphatic heterocycles. The number of ether oxygens (including phenoxy) is 2. The lowest BCUT2D eigenvalue weighted by Crippen LogP contribution is -2.05. The van der Waals surface area contributed by atoms with Crippen molar-refractivity contribution in [3.05, 3.63) is 29.8 Å². The van der Waals surface area contributed by atoms with Crippen LogP contribution in [0.3, 0.4) is 0 Å². The predicted molar refractivity (Wildman–Crippen MR) is 58.5 cm³/mol. The second-order valence-electron chi connectivity index (χ2n) is 2.89. The number of esters is 1. The van der Waals surface area contributed by atoms with Crippen molar-refractivity contribution in [2.45, 2.75) is 13.2 Å². The Morgan fingerprint density at radius 2 is 2.27 bits per heavy atom. The average Bonchev–Trinajstić information content (AvgIpc) is 2.27. The molecule has 2 radical (unpaired) electrons. The fourth-order valence-electron chi connectivity index (χ4n) is 1.10. The molecule has 1 aromatic rings. The van der Waals surface area contributed by atoms with Crippen LogP contribution in [-0.4, -0.2) is 27.0 Å². The van der Waals surface area contributed by atoms with Gasteiger partial charge < -0.3 is 9.47 Å². The molecule has 0 aliphatic carbocycles. The summed E-state index contributed by atoms with van der Waals surface area (Å²) < 4.78 is 10.2. The minimum atomic E-state index is -0.337. The van der Waals surface area contributed by atoms with Crippen LogP contribution in [0.1, 0.15) is 17.3 Å². The summed E-state index contributed by atoms with van der Waals surface area (Å²) in [4.78, 5) is 11.4. The molecule has 0 spiro atoms. The highest BCUT2D eigenvalue weighted by Gasteiger charge is 2.06. The molecule has 0 unspecified atom stereocenters. The molecule has 78 valence electrons. The summed E-state index contributed by atoms with van der Waals surface area (Å²) in [5.74, 6) is 0.293. The molecule has 0 atom stereocenters. The summed E-state index contributed by atoms with van der Waals surface area (Å²) in [6.07, 6.45) is 0.448. The number of benzene rings is 1. The van der Waals surface area contributed by atoms with Gasteiger partial charge in [0, 0.05) is 0 Å². The van der Waals surface area contributed by atoms with Gasteiger partial charge in [0.1, 0.15) is 5.75 Å². The van der Waals surface area contributed by atoms with Gasteiger partial charge in [-0.05, 0) is 25.1 Å². The van der Waals surface area contributed by atoms with Gasteiger partial charge >= 0.3 is 5.97 Å². The van der Waals surface area contributed by atoms with E-state index in [1.165, 1.54) is 0 Å². The van der Waals surface area contributed by atoms with Gasteiger partial charge in [0.15, 0.2) is 0 Å². The van der Waals surface area contributed by atoms with Crippen LogP contribution in [0, 0.1) is 0 Å². The highest BCUT2D eigenvalue weighted by molar-refractivity contribution is 6.08. The predicted octanol–water partition coefficient (Wildman–Crippen LogP) is 1.83. The van der Waals surface area contributed by atoms with Crippen molar-refractivity contribution in [2.75, 3.05) is 13.2 Å². The van der Waals surface area contributed by atoms with Gasteiger partial charge in [0.05, 0.1) is 26.6 Å². The monoisotopic (exact) mass is 204 g/mol. The van der Waals surface area contributed by atoms with Crippen LogP contribution in [0.4, 0.5) is 0 Å². The summed E-state index contributed by atoms with van der Waals surface area (Å²) >= 11 is 0. The van der Waals surface area contributed by atoms with E-state index in [9.17, 15) is 4.79 Å². The Labute approximate surface area is 90.8 Å². The van der Waals surface area contributed by atoms with Crippen LogP contribution in [0.15, 0.2) is 24.3 Å². The highest BCUT2D eigenvalue weighted by atomic mass is 16.5. The van der Waals surface area contributed by atoms with Gasteiger partial charge in [0.2, 0.25) is 0 Å². The van der Waals surface area contributed by atoms with E-state index >= 15 is 0 Å². The molecule has 0 saturated heterocycles. The van der Waals surface area contributed by atoms with Crippen molar-refractivity contribution in [1.82, 2.24) is 0 Å². The van der Waals surface area contributed by atoms with Crippen LogP contribution in [0.25, 0.3) is 0 Å². The minimum absolute atomic E-state index is 0.337. The maximum atomic E-state index is 11.4. The SMILES string of the molecule is [B]CCOc1cccc(C(=O)OCC)c1. The number of rotatable bonds is 5. The van der Waals surface area contributed by atoms with Crippen LogP contribution in [0.2, 0.25) is 6.32 Å². The van der Waals surface area contributed by atoms with Crippen molar-refractivity contribution in [1.29, 1.82) is 0 Å². The lowest BCUT2D eigenvalue weighted by atomic mass is 10.1. The van der Waals surface area contributed by atoms with E-state index in [0.29, 0.717) is 30.8 Å². The number of hydrogen-bond donors (Lipinski definition) is 0. The summed E-state index contributed by atoms with van der Waals surface area (Å²) in [7, 11) is 5.31. The lowest BCUT2D eigenvalue weighted by molar-refractivity contribution is 0.0526. The molecular formula is C11H13BO3. The summed E-state index contributed by atoms with van der Waals surface area (Å²) in [5, 5.41) is 0. The standard InChI is InChI=1S/C11H13BO3/c1-2-14-11(13)9-4-3-5-10(8-9)15-7-6-12/h3-5,8H,2,6-7H2,1H3. The third-order valence-corrected chi connectivity index (χ3v) is 1.73. The first-order valence-electron chi connectivity index (χ1n) is 4.88. The van der Waals surface area contributed by atoms with Crippen LogP contribution in [0.5, 0.6) is 5.75 Å². The smallest absolute Gasteiger partial charge is 0.338 e. The Kier molecular flexibility index (Phi) is 4.74. The molecule has 1 aromatic carbocycles. The molecule has 0 amide bonds. The molecule has 0 aliphatic rings. The molecule has 0 bridgehead atoms. The fourth-order valence-corrected chi connectivity index (χ4v) is 1.10. The maximum absolute atomic E-state index is 11.4. The first-order valence-corrected chi connectivity index (χ1v) is 4.88. The van der Waals surface area contributed by atoms with E-state index in [0.717, 1.165) is 0 Å². The first-order chi connectivity index (χ1) is 7.27. The number of carbonyl (C=O) groups is 1. The quantitative estimate of drug-likeness (QED) is 0.542. The Bertz CT molecular complexity index is 325. The van der Waals surface area contributed by atoms with Gasteiger partial charge in [-0.1, -0.05) is 12.4 Å². The van der Waals surface area contributed by atoms with Gasteiger partial charge in [-0.25, -0.2) is 4.79 Å². The number of carbonyl (C=O) groups excluding carboxylic acids is 1. The molecule has 0 heterocycles. The van der Waals surface area contributed by atoms with Gasteiger partial charge in [0.25, 0.3) is 0 Å². The zero-order chi connectivity index (χ0) is 11.1. The minimum Gasteiger partial charge on any atom is -0.494 e. The molecule has 0 saturated carbocycles. The topological polar surface area (TPSA) is 35.5 Å². The molecule has 15 heavy (non-hydrogen) atoms. The van der Waals surface area contributed by atoms with Crippen LogP contribution < -0.4 is 4.74 Å². The Morgan fingerprint density at radius 3 is 2.93 bits per heavy atom. The summed E-state index contributed by atoms with van der Waals surface area (Å²) in [5.41, 5.74) is 0.492. The van der Waals surface area contributed by atoms with Crippen molar-refractivity contribution in [3.63, 3.8) is 0 Å². The third-order valence-electron chi connectivity index (χ3n) is 1.73. The molecule has 1 rings (SSSR count). The van der Waals surface area contributed by atoms with Gasteiger partial charge in [-0.3, -0.25) is 0 Å². The van der Waals surface area contributed by atoms with E-state index in [1.54, 1.807) is 31.2 Å². The van der Waals surface area contributed by atoms with E-state index in [4.69, 9.17) is 17.3 Å². The molecule has 4 heteroatoms. The third kappa shape index (κ3) is 3.66. The van der Waals surface area contributed by atoms with Crippen molar-refractivity contribution in [2.24, 2.45) is 0 Å². The average molecular weight is 204 g/mol. The normalized spacial score (nSPS) is 9.67. The van der Waals surface area contributed by atoms with E-state index in [2.05, 4.69) is 0 Å². The fraction of sp³-hybridized carbons (Fsp3) is 0.364. The van der Waals surface area contributed by atoms with Gasteiger partial charge in [-0.2, -0.15) is 0 Å². The van der Waals surface area contributed by atoms with E-state index in [-0.39, 0.29) is 5.97 Å². The Balaban J connectivity index is 2.69. The van der Waals surface area contributed by atoms with Crippen LogP contribution >= 0.6 is 0 Å². The van der Waals surface area contributed by atoms with Crippen molar-refractivity contribution >= 4 is 13.8 Å². The Hall–Kier alpha value is -1.45. The zero-order valence-corrected chi connectivity index (χ0v) is 8.73. The van der Waals surface area contributed by atoms with Crippen LogP contribution in [-0.2, 0) is 4.74 Å². The van der Waals surface area contributed by atoms with E-state index < -0.39 is 0 Å². The van der Waals surface area contributed by atoms with Crippen molar-refractivity contribution < 1.29 is 14.3 Å². The van der Waals surface area contributed by atoms with Gasteiger partial charge in [-0.15, -0.1) is 0 Å². The summed E-state index contributed by atoms with van der Waals surface area (Å²) in [6.45, 7) is 2.58. The Morgan fingerprint density at radius 1 is 1.47 bits per heavy atom. The zero-order valence-electron chi connectivity index (χ0n) is 8.73. The first kappa shape index (κ1) is 11.6. The van der Waals surface area contributed by atoms with E-state index in [1.807, 2.05) is 0 Å². The molecule has 0 fully saturated rings. The highest BCUT2D eigenvalue weighted by Crippen LogP contribution is 2.14. The molecular weight excluding hydrogens is 191 g/mol.